The zero-order valence-corrected chi connectivity index (χ0v) is 16.1. The highest BCUT2D eigenvalue weighted by Gasteiger charge is 2.14. The average Bonchev–Trinajstić information content (AvgIpc) is 3.20. The summed E-state index contributed by atoms with van der Waals surface area (Å²) in [5.41, 5.74) is 1.26. The van der Waals surface area contributed by atoms with Crippen LogP contribution in [-0.2, 0) is 6.54 Å². The van der Waals surface area contributed by atoms with E-state index < -0.39 is 5.82 Å². The van der Waals surface area contributed by atoms with E-state index in [4.69, 9.17) is 27.9 Å². The molecule has 0 aliphatic carbocycles. The van der Waals surface area contributed by atoms with E-state index in [1.54, 1.807) is 30.3 Å². The molecule has 2 aromatic carbocycles. The fourth-order valence-electron chi connectivity index (χ4n) is 2.48. The Morgan fingerprint density at radius 2 is 2.03 bits per heavy atom. The normalized spacial score (nSPS) is 10.7. The molecule has 0 saturated heterocycles. The van der Waals surface area contributed by atoms with Gasteiger partial charge in [0.05, 0.1) is 21.9 Å². The van der Waals surface area contributed by atoms with Gasteiger partial charge in [-0.05, 0) is 40.3 Å². The Hall–Kier alpha value is -3.30. The predicted molar refractivity (Wildman–Crippen MR) is 105 cm³/mol. The number of tetrazole rings is 1. The first-order chi connectivity index (χ1) is 14.1. The van der Waals surface area contributed by atoms with Crippen LogP contribution in [0.2, 0.25) is 10.0 Å². The molecule has 0 bridgehead atoms. The quantitative estimate of drug-likeness (QED) is 0.486. The van der Waals surface area contributed by atoms with Gasteiger partial charge in [0.1, 0.15) is 0 Å². The zero-order valence-electron chi connectivity index (χ0n) is 14.6. The first-order valence-corrected chi connectivity index (χ1v) is 9.06. The summed E-state index contributed by atoms with van der Waals surface area (Å²) >= 11 is 12.3. The van der Waals surface area contributed by atoms with Crippen molar-refractivity contribution in [1.82, 2.24) is 30.2 Å². The molecule has 0 amide bonds. The number of nitrogens with zero attached hydrogens (tertiary/aromatic N) is 6. The SMILES string of the molecule is Fc1ccc(CNc2nnnn2-c2cccc(Cl)c2Cl)cc1Oc1cnccn1. The molecule has 2 heterocycles. The smallest absolute Gasteiger partial charge is 0.248 e. The number of anilines is 1. The van der Waals surface area contributed by atoms with Crippen LogP contribution in [0.25, 0.3) is 5.69 Å². The van der Waals surface area contributed by atoms with Crippen LogP contribution in [0.5, 0.6) is 11.6 Å². The molecule has 29 heavy (non-hydrogen) atoms. The van der Waals surface area contributed by atoms with E-state index in [0.717, 1.165) is 5.56 Å². The van der Waals surface area contributed by atoms with Gasteiger partial charge in [0.2, 0.25) is 11.8 Å². The fraction of sp³-hybridized carbons (Fsp3) is 0.0556. The van der Waals surface area contributed by atoms with Crippen molar-refractivity contribution in [2.45, 2.75) is 6.54 Å². The lowest BCUT2D eigenvalue weighted by atomic mass is 10.2. The van der Waals surface area contributed by atoms with Crippen LogP contribution in [0.4, 0.5) is 10.3 Å². The number of ether oxygens (including phenoxy) is 1. The number of nitrogens with one attached hydrogen (secondary N) is 1. The van der Waals surface area contributed by atoms with Crippen molar-refractivity contribution in [2.24, 2.45) is 0 Å². The predicted octanol–water partition coefficient (Wildman–Crippen LogP) is 4.30. The van der Waals surface area contributed by atoms with Crippen LogP contribution in [-0.4, -0.2) is 30.2 Å². The van der Waals surface area contributed by atoms with Crippen molar-refractivity contribution in [3.63, 3.8) is 0 Å². The molecule has 4 aromatic rings. The molecule has 0 aliphatic heterocycles. The summed E-state index contributed by atoms with van der Waals surface area (Å²) in [6.45, 7) is 0.301. The lowest BCUT2D eigenvalue weighted by molar-refractivity contribution is 0.425. The maximum absolute atomic E-state index is 14.1. The standard InChI is InChI=1S/C18H12Cl2FN7O/c19-12-2-1-3-14(17(12)20)28-18(25-26-27-28)24-9-11-4-5-13(21)15(8-11)29-16-10-22-6-7-23-16/h1-8,10H,9H2,(H,24,25,27). The molecule has 0 atom stereocenters. The van der Waals surface area contributed by atoms with Gasteiger partial charge in [-0.1, -0.05) is 40.4 Å². The van der Waals surface area contributed by atoms with E-state index in [9.17, 15) is 4.39 Å². The third-order valence-electron chi connectivity index (χ3n) is 3.83. The maximum atomic E-state index is 14.1. The molecular formula is C18H12Cl2FN7O. The highest BCUT2D eigenvalue weighted by Crippen LogP contribution is 2.29. The van der Waals surface area contributed by atoms with Crippen LogP contribution in [0.1, 0.15) is 5.56 Å². The molecule has 0 aliphatic rings. The Labute approximate surface area is 174 Å². The zero-order chi connectivity index (χ0) is 20.2. The molecule has 0 saturated carbocycles. The number of aromatic nitrogens is 6. The molecule has 11 heteroatoms. The van der Waals surface area contributed by atoms with Gasteiger partial charge in [0.15, 0.2) is 11.6 Å². The van der Waals surface area contributed by atoms with Gasteiger partial charge in [-0.3, -0.25) is 4.98 Å². The van der Waals surface area contributed by atoms with Crippen LogP contribution in [0.3, 0.4) is 0 Å². The second-order valence-corrected chi connectivity index (χ2v) is 6.54. The highest BCUT2D eigenvalue weighted by atomic mass is 35.5. The topological polar surface area (TPSA) is 90.6 Å². The Kier molecular flexibility index (Phi) is 5.50. The number of rotatable bonds is 6. The Bertz CT molecular complexity index is 1140. The van der Waals surface area contributed by atoms with Gasteiger partial charge in [0.25, 0.3) is 0 Å². The average molecular weight is 432 g/mol. The molecule has 1 N–H and O–H groups in total. The van der Waals surface area contributed by atoms with Crippen molar-refractivity contribution in [3.8, 4) is 17.3 Å². The maximum Gasteiger partial charge on any atom is 0.248 e. The van der Waals surface area contributed by atoms with Gasteiger partial charge in [-0.25, -0.2) is 9.37 Å². The molecule has 2 aromatic heterocycles. The monoisotopic (exact) mass is 431 g/mol. The molecule has 0 spiro atoms. The molecular weight excluding hydrogens is 420 g/mol. The van der Waals surface area contributed by atoms with E-state index in [1.165, 1.54) is 29.3 Å². The van der Waals surface area contributed by atoms with Gasteiger partial charge >= 0.3 is 0 Å². The minimum absolute atomic E-state index is 0.0299. The van der Waals surface area contributed by atoms with E-state index in [0.29, 0.717) is 28.2 Å². The van der Waals surface area contributed by atoms with Crippen molar-refractivity contribution in [3.05, 3.63) is 76.4 Å². The molecule has 8 nitrogen and oxygen atoms in total. The third-order valence-corrected chi connectivity index (χ3v) is 4.64. The first-order valence-electron chi connectivity index (χ1n) is 8.31. The Morgan fingerprint density at radius 3 is 2.86 bits per heavy atom. The molecule has 146 valence electrons. The van der Waals surface area contributed by atoms with Crippen molar-refractivity contribution in [2.75, 3.05) is 5.32 Å². The first kappa shape index (κ1) is 19.0. The second kappa shape index (κ2) is 8.38. The van der Waals surface area contributed by atoms with Crippen molar-refractivity contribution in [1.29, 1.82) is 0 Å². The van der Waals surface area contributed by atoms with Gasteiger partial charge in [-0.2, -0.15) is 4.68 Å². The molecule has 4 rings (SSSR count). The fourth-order valence-corrected chi connectivity index (χ4v) is 2.86. The summed E-state index contributed by atoms with van der Waals surface area (Å²) in [6, 6.07) is 9.62. The van der Waals surface area contributed by atoms with E-state index >= 15 is 0 Å². The van der Waals surface area contributed by atoms with E-state index in [2.05, 4.69) is 30.8 Å². The summed E-state index contributed by atoms with van der Waals surface area (Å²) in [7, 11) is 0. The lowest BCUT2D eigenvalue weighted by Crippen LogP contribution is -2.08. The number of hydrogen-bond acceptors (Lipinski definition) is 7. The Morgan fingerprint density at radius 1 is 1.14 bits per heavy atom. The lowest BCUT2D eigenvalue weighted by Gasteiger charge is -2.10. The summed E-state index contributed by atoms with van der Waals surface area (Å²) in [5, 5.41) is 15.4. The summed E-state index contributed by atoms with van der Waals surface area (Å²) in [6.07, 6.45) is 4.35. The van der Waals surface area contributed by atoms with Crippen LogP contribution in [0.15, 0.2) is 55.0 Å². The van der Waals surface area contributed by atoms with Crippen LogP contribution in [0, 0.1) is 5.82 Å². The van der Waals surface area contributed by atoms with E-state index in [1.807, 2.05) is 0 Å². The molecule has 0 unspecified atom stereocenters. The highest BCUT2D eigenvalue weighted by molar-refractivity contribution is 6.43. The van der Waals surface area contributed by atoms with Gasteiger partial charge in [-0.15, -0.1) is 0 Å². The van der Waals surface area contributed by atoms with Crippen molar-refractivity contribution >= 4 is 29.2 Å². The van der Waals surface area contributed by atoms with Gasteiger partial charge < -0.3 is 10.1 Å². The number of benzene rings is 2. The molecule has 0 radical (unpaired) electrons. The molecule has 0 fully saturated rings. The number of halogens is 3. The van der Waals surface area contributed by atoms with Crippen LogP contribution < -0.4 is 10.1 Å². The number of hydrogen-bond donors (Lipinski definition) is 1. The van der Waals surface area contributed by atoms with Crippen LogP contribution >= 0.6 is 23.2 Å². The summed E-state index contributed by atoms with van der Waals surface area (Å²) in [4.78, 5) is 7.86. The summed E-state index contributed by atoms with van der Waals surface area (Å²) in [5.74, 6) is 0.0446. The van der Waals surface area contributed by atoms with E-state index in [-0.39, 0.29) is 11.6 Å². The minimum atomic E-state index is -0.519. The Balaban J connectivity index is 1.53. The second-order valence-electron chi connectivity index (χ2n) is 5.75. The van der Waals surface area contributed by atoms with Gasteiger partial charge in [0, 0.05) is 18.9 Å². The summed E-state index contributed by atoms with van der Waals surface area (Å²) < 4.78 is 21.0. The third kappa shape index (κ3) is 4.25. The largest absolute Gasteiger partial charge is 0.434 e. The van der Waals surface area contributed by atoms with Crippen molar-refractivity contribution < 1.29 is 9.13 Å². The minimum Gasteiger partial charge on any atom is -0.434 e.